The standard InChI is InChI=1S/C15H14N2O/c1-18-15-9-7-14(8-10-15)12-17-16-11-13-5-3-2-4-6-13/h2-12H,1H3. The number of benzene rings is 2. The third-order valence-electron chi connectivity index (χ3n) is 2.40. The summed E-state index contributed by atoms with van der Waals surface area (Å²) in [6.07, 6.45) is 3.43. The van der Waals surface area contributed by atoms with Crippen molar-refractivity contribution in [1.29, 1.82) is 0 Å². The van der Waals surface area contributed by atoms with Gasteiger partial charge in [0.25, 0.3) is 0 Å². The van der Waals surface area contributed by atoms with Gasteiger partial charge in [-0.2, -0.15) is 10.2 Å². The van der Waals surface area contributed by atoms with Gasteiger partial charge in [0.1, 0.15) is 5.75 Å². The molecule has 0 fully saturated rings. The largest absolute Gasteiger partial charge is 0.497 e. The second-order valence-corrected chi connectivity index (χ2v) is 3.67. The van der Waals surface area contributed by atoms with Gasteiger partial charge in [0.15, 0.2) is 0 Å². The molecule has 0 unspecified atom stereocenters. The molecule has 2 aromatic rings. The van der Waals surface area contributed by atoms with Crippen LogP contribution in [-0.4, -0.2) is 19.5 Å². The van der Waals surface area contributed by atoms with E-state index in [1.807, 2.05) is 54.6 Å². The molecule has 18 heavy (non-hydrogen) atoms. The zero-order valence-corrected chi connectivity index (χ0v) is 10.2. The Labute approximate surface area is 106 Å². The summed E-state index contributed by atoms with van der Waals surface area (Å²) in [7, 11) is 1.65. The van der Waals surface area contributed by atoms with E-state index in [1.165, 1.54) is 0 Å². The molecular weight excluding hydrogens is 224 g/mol. The first-order valence-electron chi connectivity index (χ1n) is 5.64. The Morgan fingerprint density at radius 2 is 1.33 bits per heavy atom. The van der Waals surface area contributed by atoms with Crippen LogP contribution in [0.3, 0.4) is 0 Å². The minimum absolute atomic E-state index is 0.833. The van der Waals surface area contributed by atoms with Crippen LogP contribution in [0, 0.1) is 0 Å². The highest BCUT2D eigenvalue weighted by atomic mass is 16.5. The van der Waals surface area contributed by atoms with Crippen LogP contribution < -0.4 is 4.74 Å². The van der Waals surface area contributed by atoms with E-state index < -0.39 is 0 Å². The molecule has 0 bridgehead atoms. The van der Waals surface area contributed by atoms with Crippen LogP contribution in [0.4, 0.5) is 0 Å². The van der Waals surface area contributed by atoms with Crippen molar-refractivity contribution in [3.8, 4) is 5.75 Å². The number of hydrogen-bond acceptors (Lipinski definition) is 3. The van der Waals surface area contributed by atoms with E-state index in [-0.39, 0.29) is 0 Å². The summed E-state index contributed by atoms with van der Waals surface area (Å²) >= 11 is 0. The summed E-state index contributed by atoms with van der Waals surface area (Å²) in [6.45, 7) is 0. The van der Waals surface area contributed by atoms with Gasteiger partial charge in [-0.15, -0.1) is 0 Å². The summed E-state index contributed by atoms with van der Waals surface area (Å²) < 4.78 is 5.08. The fourth-order valence-corrected chi connectivity index (χ4v) is 1.43. The number of methoxy groups -OCH3 is 1. The van der Waals surface area contributed by atoms with Crippen molar-refractivity contribution < 1.29 is 4.74 Å². The van der Waals surface area contributed by atoms with Crippen LogP contribution in [0.2, 0.25) is 0 Å². The summed E-state index contributed by atoms with van der Waals surface area (Å²) in [5.74, 6) is 0.833. The lowest BCUT2D eigenvalue weighted by molar-refractivity contribution is 0.415. The number of nitrogens with zero attached hydrogens (tertiary/aromatic N) is 2. The van der Waals surface area contributed by atoms with E-state index >= 15 is 0 Å². The minimum atomic E-state index is 0.833. The Morgan fingerprint density at radius 1 is 0.778 bits per heavy atom. The van der Waals surface area contributed by atoms with E-state index in [1.54, 1.807) is 19.5 Å². The van der Waals surface area contributed by atoms with Crippen LogP contribution in [0.5, 0.6) is 5.75 Å². The fraction of sp³-hybridized carbons (Fsp3) is 0.0667. The molecule has 2 rings (SSSR count). The summed E-state index contributed by atoms with van der Waals surface area (Å²) in [4.78, 5) is 0. The molecule has 0 saturated heterocycles. The highest BCUT2D eigenvalue weighted by molar-refractivity contribution is 5.82. The van der Waals surface area contributed by atoms with E-state index in [9.17, 15) is 0 Å². The zero-order valence-electron chi connectivity index (χ0n) is 10.2. The maximum absolute atomic E-state index is 5.08. The molecule has 3 nitrogen and oxygen atoms in total. The second-order valence-electron chi connectivity index (χ2n) is 3.67. The molecule has 0 amide bonds. The summed E-state index contributed by atoms with van der Waals surface area (Å²) in [5.41, 5.74) is 2.02. The summed E-state index contributed by atoms with van der Waals surface area (Å²) in [6, 6.07) is 17.5. The smallest absolute Gasteiger partial charge is 0.118 e. The van der Waals surface area contributed by atoms with Crippen molar-refractivity contribution in [1.82, 2.24) is 0 Å². The van der Waals surface area contributed by atoms with Gasteiger partial charge in [0.2, 0.25) is 0 Å². The van der Waals surface area contributed by atoms with Crippen molar-refractivity contribution in [3.63, 3.8) is 0 Å². The lowest BCUT2D eigenvalue weighted by atomic mass is 10.2. The van der Waals surface area contributed by atoms with E-state index in [0.29, 0.717) is 0 Å². The fourth-order valence-electron chi connectivity index (χ4n) is 1.43. The van der Waals surface area contributed by atoms with Gasteiger partial charge in [-0.25, -0.2) is 0 Å². The van der Waals surface area contributed by atoms with Crippen LogP contribution in [0.15, 0.2) is 64.8 Å². The molecular formula is C15H14N2O. The monoisotopic (exact) mass is 238 g/mol. The lowest BCUT2D eigenvalue weighted by Gasteiger charge is -1.97. The predicted molar refractivity (Wildman–Crippen MR) is 74.6 cm³/mol. The minimum Gasteiger partial charge on any atom is -0.497 e. The molecule has 2 aromatic carbocycles. The maximum atomic E-state index is 5.08. The van der Waals surface area contributed by atoms with Gasteiger partial charge in [-0.05, 0) is 35.4 Å². The van der Waals surface area contributed by atoms with Crippen molar-refractivity contribution >= 4 is 12.4 Å². The SMILES string of the molecule is COc1ccc(C=NN=Cc2ccccc2)cc1. The van der Waals surface area contributed by atoms with Crippen LogP contribution in [-0.2, 0) is 0 Å². The third-order valence-corrected chi connectivity index (χ3v) is 2.40. The number of rotatable bonds is 4. The van der Waals surface area contributed by atoms with Gasteiger partial charge in [0, 0.05) is 0 Å². The van der Waals surface area contributed by atoms with Gasteiger partial charge in [0.05, 0.1) is 19.5 Å². The summed E-state index contributed by atoms with van der Waals surface area (Å²) in [5, 5.41) is 7.99. The molecule has 3 heteroatoms. The molecule has 0 radical (unpaired) electrons. The van der Waals surface area contributed by atoms with Crippen molar-refractivity contribution in [2.24, 2.45) is 10.2 Å². The third kappa shape index (κ3) is 3.56. The van der Waals surface area contributed by atoms with Gasteiger partial charge < -0.3 is 4.74 Å². The molecule has 0 N–H and O–H groups in total. The number of hydrogen-bond donors (Lipinski definition) is 0. The molecule has 0 atom stereocenters. The molecule has 0 spiro atoms. The topological polar surface area (TPSA) is 34.0 Å². The molecule has 0 aliphatic heterocycles. The second kappa shape index (κ2) is 6.35. The first-order chi connectivity index (χ1) is 8.88. The zero-order chi connectivity index (χ0) is 12.6. The van der Waals surface area contributed by atoms with Crippen LogP contribution in [0.1, 0.15) is 11.1 Å². The highest BCUT2D eigenvalue weighted by Crippen LogP contribution is 2.09. The van der Waals surface area contributed by atoms with Gasteiger partial charge in [-0.3, -0.25) is 0 Å². The Kier molecular flexibility index (Phi) is 4.25. The average molecular weight is 238 g/mol. The molecule has 0 aromatic heterocycles. The first-order valence-corrected chi connectivity index (χ1v) is 5.64. The predicted octanol–water partition coefficient (Wildman–Crippen LogP) is 3.15. The quantitative estimate of drug-likeness (QED) is 0.595. The molecule has 90 valence electrons. The first kappa shape index (κ1) is 12.0. The Morgan fingerprint density at radius 3 is 1.89 bits per heavy atom. The molecule has 0 aliphatic carbocycles. The van der Waals surface area contributed by atoms with E-state index in [2.05, 4.69) is 10.2 Å². The Hall–Kier alpha value is -2.42. The van der Waals surface area contributed by atoms with Crippen LogP contribution >= 0.6 is 0 Å². The number of ether oxygens (including phenoxy) is 1. The highest BCUT2D eigenvalue weighted by Gasteiger charge is 1.89. The van der Waals surface area contributed by atoms with Crippen molar-refractivity contribution in [2.45, 2.75) is 0 Å². The Bertz CT molecular complexity index is 530. The van der Waals surface area contributed by atoms with E-state index in [4.69, 9.17) is 4.74 Å². The molecule has 0 heterocycles. The van der Waals surface area contributed by atoms with Crippen LogP contribution in [0.25, 0.3) is 0 Å². The lowest BCUT2D eigenvalue weighted by Crippen LogP contribution is -1.84. The molecule has 0 aliphatic rings. The maximum Gasteiger partial charge on any atom is 0.118 e. The van der Waals surface area contributed by atoms with Gasteiger partial charge in [-0.1, -0.05) is 30.3 Å². The molecule has 0 saturated carbocycles. The van der Waals surface area contributed by atoms with Crippen molar-refractivity contribution in [3.05, 3.63) is 65.7 Å². The van der Waals surface area contributed by atoms with Crippen molar-refractivity contribution in [2.75, 3.05) is 7.11 Å². The van der Waals surface area contributed by atoms with E-state index in [0.717, 1.165) is 16.9 Å². The average Bonchev–Trinajstić information content (AvgIpc) is 2.45. The Balaban J connectivity index is 1.96. The normalized spacial score (nSPS) is 11.2. The van der Waals surface area contributed by atoms with Gasteiger partial charge >= 0.3 is 0 Å².